The third kappa shape index (κ3) is 1.72. The van der Waals surface area contributed by atoms with E-state index < -0.39 is 5.79 Å². The number of benzene rings is 1. The van der Waals surface area contributed by atoms with Crippen LogP contribution in [0.15, 0.2) is 24.3 Å². The molecule has 2 rings (SSSR count). The van der Waals surface area contributed by atoms with E-state index in [0.29, 0.717) is 13.2 Å². The first kappa shape index (κ1) is 10.1. The van der Waals surface area contributed by atoms with Crippen molar-refractivity contribution in [2.75, 3.05) is 13.2 Å². The lowest BCUT2D eigenvalue weighted by Gasteiger charge is -2.24. The van der Waals surface area contributed by atoms with Crippen LogP contribution in [0.2, 0.25) is 0 Å². The average molecular weight is 257 g/mol. The van der Waals surface area contributed by atoms with Gasteiger partial charge < -0.3 is 9.47 Å². The predicted octanol–water partition coefficient (Wildman–Crippen LogP) is 2.80. The molecule has 1 aliphatic rings. The summed E-state index contributed by atoms with van der Waals surface area (Å²) in [4.78, 5) is 0. The highest BCUT2D eigenvalue weighted by atomic mass is 79.9. The molecule has 0 saturated carbocycles. The van der Waals surface area contributed by atoms with Gasteiger partial charge in [-0.2, -0.15) is 0 Å². The maximum absolute atomic E-state index is 5.63. The standard InChI is InChI=1S/C11H13BrO2/c1-11(13-6-7-14-11)10-5-3-2-4-9(10)8-12/h2-5H,6-8H2,1H3. The van der Waals surface area contributed by atoms with Crippen LogP contribution < -0.4 is 0 Å². The first-order valence-corrected chi connectivity index (χ1v) is 5.81. The summed E-state index contributed by atoms with van der Waals surface area (Å²) in [6.45, 7) is 3.32. The van der Waals surface area contributed by atoms with Crippen LogP contribution in [0.25, 0.3) is 0 Å². The Labute approximate surface area is 92.3 Å². The summed E-state index contributed by atoms with van der Waals surface area (Å²) in [5.41, 5.74) is 2.34. The van der Waals surface area contributed by atoms with Gasteiger partial charge in [-0.1, -0.05) is 40.2 Å². The van der Waals surface area contributed by atoms with Gasteiger partial charge in [-0.3, -0.25) is 0 Å². The number of rotatable bonds is 2. The van der Waals surface area contributed by atoms with E-state index in [0.717, 1.165) is 10.9 Å². The highest BCUT2D eigenvalue weighted by molar-refractivity contribution is 9.08. The molecule has 1 fully saturated rings. The Hall–Kier alpha value is -0.380. The molecule has 0 spiro atoms. The van der Waals surface area contributed by atoms with Gasteiger partial charge in [0, 0.05) is 10.9 Å². The van der Waals surface area contributed by atoms with Gasteiger partial charge in [0.2, 0.25) is 0 Å². The molecule has 1 saturated heterocycles. The summed E-state index contributed by atoms with van der Waals surface area (Å²) in [6.07, 6.45) is 0. The fourth-order valence-electron chi connectivity index (χ4n) is 1.75. The van der Waals surface area contributed by atoms with Crippen LogP contribution in [-0.4, -0.2) is 13.2 Å². The van der Waals surface area contributed by atoms with Crippen LogP contribution in [0.1, 0.15) is 18.1 Å². The van der Waals surface area contributed by atoms with Crippen molar-refractivity contribution in [2.45, 2.75) is 18.0 Å². The van der Waals surface area contributed by atoms with E-state index in [4.69, 9.17) is 9.47 Å². The largest absolute Gasteiger partial charge is 0.344 e. The van der Waals surface area contributed by atoms with E-state index in [1.807, 2.05) is 19.1 Å². The topological polar surface area (TPSA) is 18.5 Å². The summed E-state index contributed by atoms with van der Waals surface area (Å²) in [7, 11) is 0. The molecule has 0 atom stereocenters. The molecule has 0 bridgehead atoms. The van der Waals surface area contributed by atoms with E-state index in [-0.39, 0.29) is 0 Å². The first-order chi connectivity index (χ1) is 6.76. The molecule has 0 unspecified atom stereocenters. The van der Waals surface area contributed by atoms with Gasteiger partial charge in [-0.15, -0.1) is 0 Å². The minimum absolute atomic E-state index is 0.551. The molecule has 76 valence electrons. The third-order valence-corrected chi connectivity index (χ3v) is 3.09. The van der Waals surface area contributed by atoms with E-state index in [9.17, 15) is 0 Å². The molecule has 0 amide bonds. The van der Waals surface area contributed by atoms with Gasteiger partial charge in [0.05, 0.1) is 13.2 Å². The van der Waals surface area contributed by atoms with Gasteiger partial charge in [-0.05, 0) is 12.5 Å². The minimum atomic E-state index is -0.551. The number of hydrogen-bond donors (Lipinski definition) is 0. The van der Waals surface area contributed by atoms with Crippen molar-refractivity contribution in [1.29, 1.82) is 0 Å². The zero-order valence-electron chi connectivity index (χ0n) is 8.13. The molecule has 1 aromatic rings. The fraction of sp³-hybridized carbons (Fsp3) is 0.455. The van der Waals surface area contributed by atoms with Crippen LogP contribution in [0.4, 0.5) is 0 Å². The average Bonchev–Trinajstić information content (AvgIpc) is 2.66. The summed E-state index contributed by atoms with van der Waals surface area (Å²) < 4.78 is 11.3. The lowest BCUT2D eigenvalue weighted by molar-refractivity contribution is -0.150. The Kier molecular flexibility index (Phi) is 2.91. The van der Waals surface area contributed by atoms with E-state index in [1.54, 1.807) is 0 Å². The zero-order valence-corrected chi connectivity index (χ0v) is 9.71. The lowest BCUT2D eigenvalue weighted by Crippen LogP contribution is -2.23. The highest BCUT2D eigenvalue weighted by Crippen LogP contribution is 2.33. The monoisotopic (exact) mass is 256 g/mol. The van der Waals surface area contributed by atoms with E-state index in [1.165, 1.54) is 5.56 Å². The molecule has 1 aliphatic heterocycles. The van der Waals surface area contributed by atoms with Gasteiger partial charge in [0.1, 0.15) is 0 Å². The maximum atomic E-state index is 5.63. The van der Waals surface area contributed by atoms with E-state index >= 15 is 0 Å². The number of alkyl halides is 1. The molecular weight excluding hydrogens is 244 g/mol. The molecule has 14 heavy (non-hydrogen) atoms. The van der Waals surface area contributed by atoms with Crippen molar-refractivity contribution in [1.82, 2.24) is 0 Å². The predicted molar refractivity (Wildman–Crippen MR) is 58.3 cm³/mol. The van der Waals surface area contributed by atoms with Crippen LogP contribution >= 0.6 is 15.9 Å². The Morgan fingerprint density at radius 3 is 2.57 bits per heavy atom. The molecule has 2 nitrogen and oxygen atoms in total. The maximum Gasteiger partial charge on any atom is 0.192 e. The summed E-state index contributed by atoms with van der Waals surface area (Å²) in [6, 6.07) is 8.18. The normalized spacial score (nSPS) is 19.9. The van der Waals surface area contributed by atoms with Crippen molar-refractivity contribution in [2.24, 2.45) is 0 Å². The molecule has 1 heterocycles. The second-order valence-corrected chi connectivity index (χ2v) is 3.99. The van der Waals surface area contributed by atoms with E-state index in [2.05, 4.69) is 28.1 Å². The smallest absolute Gasteiger partial charge is 0.192 e. The Morgan fingerprint density at radius 2 is 1.93 bits per heavy atom. The Balaban J connectivity index is 2.39. The van der Waals surface area contributed by atoms with Crippen LogP contribution in [0, 0.1) is 0 Å². The SMILES string of the molecule is CC1(c2ccccc2CBr)OCCO1. The molecule has 0 radical (unpaired) electrons. The third-order valence-electron chi connectivity index (χ3n) is 2.49. The molecule has 0 aromatic heterocycles. The Bertz CT molecular complexity index is 319. The molecule has 0 N–H and O–H groups in total. The quantitative estimate of drug-likeness (QED) is 0.758. The van der Waals surface area contributed by atoms with Gasteiger partial charge in [-0.25, -0.2) is 0 Å². The minimum Gasteiger partial charge on any atom is -0.344 e. The van der Waals surface area contributed by atoms with Gasteiger partial charge >= 0.3 is 0 Å². The fourth-order valence-corrected chi connectivity index (χ4v) is 2.24. The summed E-state index contributed by atoms with van der Waals surface area (Å²) >= 11 is 3.47. The number of ether oxygens (including phenoxy) is 2. The number of hydrogen-bond acceptors (Lipinski definition) is 2. The van der Waals surface area contributed by atoms with Crippen molar-refractivity contribution in [3.8, 4) is 0 Å². The lowest BCUT2D eigenvalue weighted by atomic mass is 10.0. The van der Waals surface area contributed by atoms with Crippen LogP contribution in [0.5, 0.6) is 0 Å². The molecular formula is C11H13BrO2. The molecule has 1 aromatic carbocycles. The first-order valence-electron chi connectivity index (χ1n) is 4.68. The van der Waals surface area contributed by atoms with Crippen molar-refractivity contribution >= 4 is 15.9 Å². The highest BCUT2D eigenvalue weighted by Gasteiger charge is 2.34. The molecule has 3 heteroatoms. The summed E-state index contributed by atoms with van der Waals surface area (Å²) in [5, 5.41) is 0.825. The number of halogens is 1. The van der Waals surface area contributed by atoms with Crippen LogP contribution in [-0.2, 0) is 20.6 Å². The molecule has 0 aliphatic carbocycles. The van der Waals surface area contributed by atoms with Crippen LogP contribution in [0.3, 0.4) is 0 Å². The second-order valence-electron chi connectivity index (χ2n) is 3.43. The van der Waals surface area contributed by atoms with Gasteiger partial charge in [0.25, 0.3) is 0 Å². The summed E-state index contributed by atoms with van der Waals surface area (Å²) in [5.74, 6) is -0.551. The zero-order chi connectivity index (χ0) is 10.0. The van der Waals surface area contributed by atoms with Crippen molar-refractivity contribution < 1.29 is 9.47 Å². The van der Waals surface area contributed by atoms with Gasteiger partial charge in [0.15, 0.2) is 5.79 Å². The Morgan fingerprint density at radius 1 is 1.29 bits per heavy atom. The van der Waals surface area contributed by atoms with Crippen molar-refractivity contribution in [3.05, 3.63) is 35.4 Å². The van der Waals surface area contributed by atoms with Crippen molar-refractivity contribution in [3.63, 3.8) is 0 Å². The second kappa shape index (κ2) is 4.01.